The number of carboxylic acids is 1. The molecule has 1 aliphatic rings. The first kappa shape index (κ1) is 11.1. The number of rotatable bonds is 6. The van der Waals surface area contributed by atoms with Gasteiger partial charge in [0.1, 0.15) is 6.04 Å². The van der Waals surface area contributed by atoms with Crippen molar-refractivity contribution in [1.29, 1.82) is 0 Å². The van der Waals surface area contributed by atoms with E-state index in [0.29, 0.717) is 12.5 Å². The van der Waals surface area contributed by atoms with Gasteiger partial charge in [-0.05, 0) is 31.2 Å². The molecule has 1 fully saturated rings. The van der Waals surface area contributed by atoms with E-state index in [2.05, 4.69) is 5.32 Å². The maximum Gasteiger partial charge on any atom is 0.320 e. The summed E-state index contributed by atoms with van der Waals surface area (Å²) >= 11 is 0. The molecule has 0 aliphatic heterocycles. The molecule has 16 heavy (non-hydrogen) atoms. The standard InChI is InChI=1S/C13H17NO2/c15-13(16)12(14-11-7-8-11)9-6-10-4-2-1-3-5-10/h1-5,11-12,14H,6-9H2,(H,15,16). The third kappa shape index (κ3) is 3.35. The summed E-state index contributed by atoms with van der Waals surface area (Å²) in [4.78, 5) is 11.0. The number of hydrogen-bond acceptors (Lipinski definition) is 2. The lowest BCUT2D eigenvalue weighted by Gasteiger charge is -2.13. The number of carbonyl (C=O) groups is 1. The van der Waals surface area contributed by atoms with Gasteiger partial charge in [0.2, 0.25) is 0 Å². The summed E-state index contributed by atoms with van der Waals surface area (Å²) in [5.74, 6) is -0.733. The molecule has 1 aromatic rings. The molecule has 0 bridgehead atoms. The van der Waals surface area contributed by atoms with Crippen molar-refractivity contribution in [2.45, 2.75) is 37.8 Å². The van der Waals surface area contributed by atoms with E-state index in [0.717, 1.165) is 19.3 Å². The quantitative estimate of drug-likeness (QED) is 0.767. The SMILES string of the molecule is O=C(O)C(CCc1ccccc1)NC1CC1. The van der Waals surface area contributed by atoms with Crippen LogP contribution in [0.5, 0.6) is 0 Å². The van der Waals surface area contributed by atoms with Crippen LogP contribution in [0.15, 0.2) is 30.3 Å². The largest absolute Gasteiger partial charge is 0.480 e. The van der Waals surface area contributed by atoms with Gasteiger partial charge in [-0.3, -0.25) is 4.79 Å². The number of nitrogens with one attached hydrogen (secondary N) is 1. The average Bonchev–Trinajstić information content (AvgIpc) is 3.09. The zero-order chi connectivity index (χ0) is 11.4. The molecule has 0 spiro atoms. The molecule has 1 atom stereocenters. The van der Waals surface area contributed by atoms with E-state index in [4.69, 9.17) is 5.11 Å². The van der Waals surface area contributed by atoms with Crippen LogP contribution in [0, 0.1) is 0 Å². The second-order valence-electron chi connectivity index (χ2n) is 4.36. The normalized spacial score (nSPS) is 17.0. The van der Waals surface area contributed by atoms with Crippen LogP contribution in [0.1, 0.15) is 24.8 Å². The van der Waals surface area contributed by atoms with Crippen molar-refractivity contribution < 1.29 is 9.90 Å². The summed E-state index contributed by atoms with van der Waals surface area (Å²) < 4.78 is 0. The fraction of sp³-hybridized carbons (Fsp3) is 0.462. The third-order valence-electron chi connectivity index (χ3n) is 2.88. The van der Waals surface area contributed by atoms with Gasteiger partial charge in [-0.25, -0.2) is 0 Å². The molecular weight excluding hydrogens is 202 g/mol. The summed E-state index contributed by atoms with van der Waals surface area (Å²) in [6, 6.07) is 10.1. The van der Waals surface area contributed by atoms with Gasteiger partial charge >= 0.3 is 5.97 Å². The summed E-state index contributed by atoms with van der Waals surface area (Å²) in [5, 5.41) is 12.2. The van der Waals surface area contributed by atoms with E-state index in [1.165, 1.54) is 5.56 Å². The molecule has 1 aliphatic carbocycles. The van der Waals surface area contributed by atoms with E-state index >= 15 is 0 Å². The monoisotopic (exact) mass is 219 g/mol. The minimum absolute atomic E-state index is 0.396. The number of hydrogen-bond donors (Lipinski definition) is 2. The summed E-state index contributed by atoms with van der Waals surface area (Å²) in [6.07, 6.45) is 3.72. The molecule has 1 saturated carbocycles. The summed E-state index contributed by atoms with van der Waals surface area (Å²) in [6.45, 7) is 0. The van der Waals surface area contributed by atoms with Crippen molar-refractivity contribution >= 4 is 5.97 Å². The Labute approximate surface area is 95.5 Å². The Hall–Kier alpha value is -1.35. The Balaban J connectivity index is 1.83. The number of aryl methyl sites for hydroxylation is 1. The van der Waals surface area contributed by atoms with Crippen LogP contribution in [0.2, 0.25) is 0 Å². The lowest BCUT2D eigenvalue weighted by atomic mass is 10.1. The highest BCUT2D eigenvalue weighted by atomic mass is 16.4. The van der Waals surface area contributed by atoms with Crippen LogP contribution in [-0.2, 0) is 11.2 Å². The molecule has 0 aromatic heterocycles. The fourth-order valence-electron chi connectivity index (χ4n) is 1.77. The van der Waals surface area contributed by atoms with Gasteiger partial charge in [0.25, 0.3) is 0 Å². The Bertz CT molecular complexity index is 346. The first-order valence-corrected chi connectivity index (χ1v) is 5.78. The molecule has 0 heterocycles. The van der Waals surface area contributed by atoms with Gasteiger partial charge in [0.05, 0.1) is 0 Å². The Morgan fingerprint density at radius 2 is 2.06 bits per heavy atom. The van der Waals surface area contributed by atoms with E-state index in [1.807, 2.05) is 30.3 Å². The van der Waals surface area contributed by atoms with Crippen LogP contribution >= 0.6 is 0 Å². The number of benzene rings is 1. The van der Waals surface area contributed by atoms with Crippen LogP contribution in [-0.4, -0.2) is 23.2 Å². The maximum atomic E-state index is 11.0. The van der Waals surface area contributed by atoms with Crippen LogP contribution in [0.4, 0.5) is 0 Å². The van der Waals surface area contributed by atoms with Crippen molar-refractivity contribution in [3.8, 4) is 0 Å². The number of aliphatic carboxylic acids is 1. The van der Waals surface area contributed by atoms with Gasteiger partial charge in [0.15, 0.2) is 0 Å². The van der Waals surface area contributed by atoms with Crippen molar-refractivity contribution in [1.82, 2.24) is 5.32 Å². The highest BCUT2D eigenvalue weighted by Gasteiger charge is 2.27. The van der Waals surface area contributed by atoms with Crippen molar-refractivity contribution in [3.63, 3.8) is 0 Å². The minimum atomic E-state index is -0.733. The molecule has 0 saturated heterocycles. The molecule has 0 radical (unpaired) electrons. The Morgan fingerprint density at radius 3 is 2.62 bits per heavy atom. The van der Waals surface area contributed by atoms with Crippen LogP contribution < -0.4 is 5.32 Å². The fourth-order valence-corrected chi connectivity index (χ4v) is 1.77. The molecule has 86 valence electrons. The van der Waals surface area contributed by atoms with E-state index in [9.17, 15) is 4.79 Å². The highest BCUT2D eigenvalue weighted by molar-refractivity contribution is 5.73. The molecule has 1 unspecified atom stereocenters. The lowest BCUT2D eigenvalue weighted by molar-refractivity contribution is -0.139. The van der Waals surface area contributed by atoms with Crippen LogP contribution in [0.25, 0.3) is 0 Å². The van der Waals surface area contributed by atoms with Gasteiger partial charge in [-0.15, -0.1) is 0 Å². The summed E-state index contributed by atoms with van der Waals surface area (Å²) in [5.41, 5.74) is 1.20. The van der Waals surface area contributed by atoms with E-state index in [-0.39, 0.29) is 0 Å². The predicted octanol–water partition coefficient (Wildman–Crippen LogP) is 1.82. The molecule has 2 N–H and O–H groups in total. The van der Waals surface area contributed by atoms with E-state index in [1.54, 1.807) is 0 Å². The highest BCUT2D eigenvalue weighted by Crippen LogP contribution is 2.20. The molecular formula is C13H17NO2. The van der Waals surface area contributed by atoms with Gasteiger partial charge in [-0.2, -0.15) is 0 Å². The summed E-state index contributed by atoms with van der Waals surface area (Å²) in [7, 11) is 0. The number of carboxylic acid groups (broad SMARTS) is 1. The molecule has 1 aromatic carbocycles. The Morgan fingerprint density at radius 1 is 1.38 bits per heavy atom. The zero-order valence-electron chi connectivity index (χ0n) is 9.23. The molecule has 2 rings (SSSR count). The van der Waals surface area contributed by atoms with Gasteiger partial charge in [0, 0.05) is 6.04 Å². The third-order valence-corrected chi connectivity index (χ3v) is 2.88. The van der Waals surface area contributed by atoms with Crippen molar-refractivity contribution in [3.05, 3.63) is 35.9 Å². The lowest BCUT2D eigenvalue weighted by Crippen LogP contribution is -2.38. The van der Waals surface area contributed by atoms with Gasteiger partial charge in [-0.1, -0.05) is 30.3 Å². The first-order valence-electron chi connectivity index (χ1n) is 5.78. The van der Waals surface area contributed by atoms with Gasteiger partial charge < -0.3 is 10.4 Å². The van der Waals surface area contributed by atoms with Crippen molar-refractivity contribution in [2.75, 3.05) is 0 Å². The van der Waals surface area contributed by atoms with Crippen molar-refractivity contribution in [2.24, 2.45) is 0 Å². The zero-order valence-corrected chi connectivity index (χ0v) is 9.23. The second kappa shape index (κ2) is 5.12. The first-order chi connectivity index (χ1) is 7.75. The topological polar surface area (TPSA) is 49.3 Å². The second-order valence-corrected chi connectivity index (χ2v) is 4.36. The Kier molecular flexibility index (Phi) is 3.57. The van der Waals surface area contributed by atoms with Crippen LogP contribution in [0.3, 0.4) is 0 Å². The average molecular weight is 219 g/mol. The minimum Gasteiger partial charge on any atom is -0.480 e. The van der Waals surface area contributed by atoms with E-state index < -0.39 is 12.0 Å². The smallest absolute Gasteiger partial charge is 0.320 e. The maximum absolute atomic E-state index is 11.0. The molecule has 3 heteroatoms. The molecule has 0 amide bonds. The predicted molar refractivity (Wildman–Crippen MR) is 62.3 cm³/mol. The molecule has 3 nitrogen and oxygen atoms in total.